The second kappa shape index (κ2) is 7.46. The number of hydrogen-bond donors (Lipinski definition) is 0. The number of fused-ring (bicyclic) bond motifs is 1. The van der Waals surface area contributed by atoms with Crippen LogP contribution in [-0.4, -0.2) is 28.4 Å². The van der Waals surface area contributed by atoms with E-state index in [0.717, 1.165) is 49.7 Å². The van der Waals surface area contributed by atoms with Gasteiger partial charge in [0.05, 0.1) is 6.54 Å². The number of ether oxygens (including phenoxy) is 2. The quantitative estimate of drug-likeness (QED) is 0.745. The van der Waals surface area contributed by atoms with Crippen LogP contribution in [0.15, 0.2) is 22.7 Å². The molecule has 124 valence electrons. The second-order valence-electron chi connectivity index (χ2n) is 5.70. The minimum absolute atomic E-state index is 0.304. The molecule has 2 heterocycles. The molecule has 1 aromatic carbocycles. The van der Waals surface area contributed by atoms with Gasteiger partial charge in [-0.2, -0.15) is 4.98 Å². The summed E-state index contributed by atoms with van der Waals surface area (Å²) in [5.74, 6) is 3.12. The van der Waals surface area contributed by atoms with Crippen molar-refractivity contribution >= 4 is 0 Å². The van der Waals surface area contributed by atoms with Gasteiger partial charge < -0.3 is 14.0 Å². The van der Waals surface area contributed by atoms with Crippen molar-refractivity contribution in [1.82, 2.24) is 15.0 Å². The third kappa shape index (κ3) is 4.01. The first-order chi connectivity index (χ1) is 11.3. The highest BCUT2D eigenvalue weighted by atomic mass is 16.7. The first-order valence-corrected chi connectivity index (χ1v) is 8.20. The Bertz CT molecular complexity index is 642. The largest absolute Gasteiger partial charge is 0.454 e. The van der Waals surface area contributed by atoms with E-state index in [1.807, 2.05) is 12.1 Å². The van der Waals surface area contributed by atoms with Crippen molar-refractivity contribution in [3.63, 3.8) is 0 Å². The normalized spacial score (nSPS) is 13.0. The average molecular weight is 317 g/mol. The van der Waals surface area contributed by atoms with Crippen molar-refractivity contribution in [2.45, 2.75) is 46.2 Å². The summed E-state index contributed by atoms with van der Waals surface area (Å²) in [6.45, 7) is 6.95. The molecule has 1 aromatic heterocycles. The summed E-state index contributed by atoms with van der Waals surface area (Å²) < 4.78 is 16.1. The van der Waals surface area contributed by atoms with E-state index in [-0.39, 0.29) is 0 Å². The third-order valence-electron chi connectivity index (χ3n) is 3.91. The summed E-state index contributed by atoms with van der Waals surface area (Å²) in [4.78, 5) is 6.73. The molecule has 0 saturated carbocycles. The van der Waals surface area contributed by atoms with Crippen molar-refractivity contribution in [3.05, 3.63) is 35.5 Å². The highest BCUT2D eigenvalue weighted by molar-refractivity contribution is 5.44. The average Bonchev–Trinajstić information content (AvgIpc) is 3.20. The highest BCUT2D eigenvalue weighted by Crippen LogP contribution is 2.32. The fourth-order valence-corrected chi connectivity index (χ4v) is 2.56. The predicted octanol–water partition coefficient (Wildman–Crippen LogP) is 3.16. The van der Waals surface area contributed by atoms with Crippen LogP contribution >= 0.6 is 0 Å². The van der Waals surface area contributed by atoms with E-state index in [9.17, 15) is 0 Å². The molecule has 0 amide bonds. The molecule has 0 bridgehead atoms. The van der Waals surface area contributed by atoms with E-state index in [4.69, 9.17) is 14.0 Å². The van der Waals surface area contributed by atoms with Gasteiger partial charge in [0.1, 0.15) is 0 Å². The van der Waals surface area contributed by atoms with Crippen LogP contribution in [0.25, 0.3) is 0 Å². The molecule has 23 heavy (non-hydrogen) atoms. The van der Waals surface area contributed by atoms with Gasteiger partial charge in [0.15, 0.2) is 17.3 Å². The van der Waals surface area contributed by atoms with Crippen molar-refractivity contribution in [2.24, 2.45) is 0 Å². The molecule has 6 heteroatoms. The van der Waals surface area contributed by atoms with Crippen LogP contribution in [0.2, 0.25) is 0 Å². The first kappa shape index (κ1) is 15.8. The van der Waals surface area contributed by atoms with Gasteiger partial charge in [-0.15, -0.1) is 0 Å². The topological polar surface area (TPSA) is 60.6 Å². The predicted molar refractivity (Wildman–Crippen MR) is 85.3 cm³/mol. The lowest BCUT2D eigenvalue weighted by Gasteiger charge is -2.18. The number of unbranched alkanes of at least 4 members (excludes halogenated alkanes) is 1. The molecular formula is C17H23N3O3. The van der Waals surface area contributed by atoms with Gasteiger partial charge in [0.2, 0.25) is 12.7 Å². The molecule has 0 fully saturated rings. The van der Waals surface area contributed by atoms with E-state index in [1.165, 1.54) is 5.56 Å². The summed E-state index contributed by atoms with van der Waals surface area (Å²) in [7, 11) is 0. The van der Waals surface area contributed by atoms with Crippen LogP contribution in [0.1, 0.15) is 44.0 Å². The first-order valence-electron chi connectivity index (χ1n) is 8.20. The Hall–Kier alpha value is -2.08. The van der Waals surface area contributed by atoms with Crippen LogP contribution in [0.5, 0.6) is 11.5 Å². The monoisotopic (exact) mass is 317 g/mol. The van der Waals surface area contributed by atoms with Gasteiger partial charge >= 0.3 is 0 Å². The standard InChI is InChI=1S/C17H23N3O3/c1-3-5-6-16-18-17(23-19-16)11-20(4-2)10-13-7-8-14-15(9-13)22-12-21-14/h7-9H,3-6,10-12H2,1-2H3. The third-order valence-corrected chi connectivity index (χ3v) is 3.91. The zero-order chi connectivity index (χ0) is 16.1. The van der Waals surface area contributed by atoms with Crippen LogP contribution in [0.4, 0.5) is 0 Å². The SMILES string of the molecule is CCCCc1noc(CN(CC)Cc2ccc3c(c2)OCO3)n1. The lowest BCUT2D eigenvalue weighted by atomic mass is 10.2. The molecule has 0 saturated heterocycles. The Balaban J connectivity index is 1.60. The zero-order valence-electron chi connectivity index (χ0n) is 13.7. The Kier molecular flexibility index (Phi) is 5.12. The van der Waals surface area contributed by atoms with Gasteiger partial charge in [-0.1, -0.05) is 31.5 Å². The molecule has 2 aromatic rings. The minimum atomic E-state index is 0.304. The van der Waals surface area contributed by atoms with Gasteiger partial charge in [0.25, 0.3) is 0 Å². The van der Waals surface area contributed by atoms with E-state index >= 15 is 0 Å². The minimum Gasteiger partial charge on any atom is -0.454 e. The van der Waals surface area contributed by atoms with E-state index in [1.54, 1.807) is 0 Å². The van der Waals surface area contributed by atoms with Crippen molar-refractivity contribution in [2.75, 3.05) is 13.3 Å². The molecule has 0 unspecified atom stereocenters. The highest BCUT2D eigenvalue weighted by Gasteiger charge is 2.15. The molecule has 0 aliphatic carbocycles. The summed E-state index contributed by atoms with van der Waals surface area (Å²) in [6.07, 6.45) is 3.11. The Morgan fingerprint density at radius 1 is 1.13 bits per heavy atom. The Labute approximate surface area is 136 Å². The van der Waals surface area contributed by atoms with Crippen molar-refractivity contribution in [3.8, 4) is 11.5 Å². The van der Waals surface area contributed by atoms with Gasteiger partial charge in [0, 0.05) is 13.0 Å². The molecule has 0 radical (unpaired) electrons. The van der Waals surface area contributed by atoms with E-state index in [0.29, 0.717) is 19.2 Å². The van der Waals surface area contributed by atoms with Gasteiger partial charge in [-0.05, 0) is 30.7 Å². The molecule has 3 rings (SSSR count). The van der Waals surface area contributed by atoms with Crippen molar-refractivity contribution in [1.29, 1.82) is 0 Å². The lowest BCUT2D eigenvalue weighted by molar-refractivity contribution is 0.174. The molecular weight excluding hydrogens is 294 g/mol. The lowest BCUT2D eigenvalue weighted by Crippen LogP contribution is -2.22. The molecule has 0 N–H and O–H groups in total. The molecule has 6 nitrogen and oxygen atoms in total. The Morgan fingerprint density at radius 2 is 2.00 bits per heavy atom. The summed E-state index contributed by atoms with van der Waals surface area (Å²) in [5.41, 5.74) is 1.18. The molecule has 0 atom stereocenters. The molecule has 0 spiro atoms. The van der Waals surface area contributed by atoms with Crippen LogP contribution < -0.4 is 9.47 Å². The van der Waals surface area contributed by atoms with Crippen LogP contribution in [-0.2, 0) is 19.5 Å². The number of aryl methyl sites for hydroxylation is 1. The van der Waals surface area contributed by atoms with E-state index in [2.05, 4.69) is 35.0 Å². The number of rotatable bonds is 8. The Morgan fingerprint density at radius 3 is 2.83 bits per heavy atom. The number of hydrogen-bond acceptors (Lipinski definition) is 6. The fraction of sp³-hybridized carbons (Fsp3) is 0.529. The summed E-state index contributed by atoms with van der Waals surface area (Å²) >= 11 is 0. The number of benzene rings is 1. The number of aromatic nitrogens is 2. The summed E-state index contributed by atoms with van der Waals surface area (Å²) in [6, 6.07) is 6.06. The maximum atomic E-state index is 5.43. The number of nitrogens with zero attached hydrogens (tertiary/aromatic N) is 3. The smallest absolute Gasteiger partial charge is 0.240 e. The zero-order valence-corrected chi connectivity index (χ0v) is 13.7. The fourth-order valence-electron chi connectivity index (χ4n) is 2.56. The van der Waals surface area contributed by atoms with Gasteiger partial charge in [-0.25, -0.2) is 0 Å². The van der Waals surface area contributed by atoms with E-state index < -0.39 is 0 Å². The maximum absolute atomic E-state index is 5.43. The maximum Gasteiger partial charge on any atom is 0.240 e. The molecule has 1 aliphatic rings. The summed E-state index contributed by atoms with van der Waals surface area (Å²) in [5, 5.41) is 4.05. The second-order valence-corrected chi connectivity index (χ2v) is 5.70. The molecule has 1 aliphatic heterocycles. The van der Waals surface area contributed by atoms with Crippen molar-refractivity contribution < 1.29 is 14.0 Å². The van der Waals surface area contributed by atoms with Crippen LogP contribution in [0, 0.1) is 0 Å². The van der Waals surface area contributed by atoms with Gasteiger partial charge in [-0.3, -0.25) is 4.90 Å². The van der Waals surface area contributed by atoms with Crippen LogP contribution in [0.3, 0.4) is 0 Å².